The second-order valence-electron chi connectivity index (χ2n) is 4.20. The normalized spacial score (nSPS) is 17.7. The van der Waals surface area contributed by atoms with Gasteiger partial charge >= 0.3 is 0 Å². The molecule has 0 spiro atoms. The van der Waals surface area contributed by atoms with Gasteiger partial charge in [-0.2, -0.15) is 0 Å². The molecule has 1 saturated carbocycles. The summed E-state index contributed by atoms with van der Waals surface area (Å²) in [5, 5.41) is 0. The first-order valence-corrected chi connectivity index (χ1v) is 6.64. The fraction of sp³-hybridized carbons (Fsp3) is 0.462. The summed E-state index contributed by atoms with van der Waals surface area (Å²) in [5.41, 5.74) is 2.23. The Hall–Kier alpha value is -0.380. The van der Waals surface area contributed by atoms with Crippen LogP contribution in [0.25, 0.3) is 0 Å². The topological polar surface area (TPSA) is 17.1 Å². The van der Waals surface area contributed by atoms with Gasteiger partial charge in [-0.1, -0.05) is 37.5 Å². The van der Waals surface area contributed by atoms with Crippen LogP contribution in [0.5, 0.6) is 0 Å². The van der Waals surface area contributed by atoms with Crippen molar-refractivity contribution in [3.8, 4) is 0 Å². The first-order valence-electron chi connectivity index (χ1n) is 5.56. The number of hydrogen-bond donors (Lipinski definition) is 0. The minimum atomic E-state index is 0.686. The fourth-order valence-electron chi connectivity index (χ4n) is 2.39. The number of hydrogen-bond acceptors (Lipinski definition) is 1. The Morgan fingerprint density at radius 3 is 2.60 bits per heavy atom. The summed E-state index contributed by atoms with van der Waals surface area (Å²) in [7, 11) is 0. The molecule has 1 nitrogen and oxygen atoms in total. The Bertz CT molecular complexity index is 354. The molecular weight excluding hydrogens is 299 g/mol. The molecule has 0 N–H and O–H groups in total. The van der Waals surface area contributed by atoms with Crippen LogP contribution in [0, 0.1) is 3.57 Å². The van der Waals surface area contributed by atoms with Crippen molar-refractivity contribution in [2.24, 2.45) is 0 Å². The molecule has 0 heterocycles. The summed E-state index contributed by atoms with van der Waals surface area (Å²) >= 11 is 2.31. The smallest absolute Gasteiger partial charge is 0.151 e. The van der Waals surface area contributed by atoms with Crippen molar-refractivity contribution in [3.05, 3.63) is 32.9 Å². The number of aldehydes is 1. The van der Waals surface area contributed by atoms with E-state index in [2.05, 4.69) is 28.7 Å². The lowest BCUT2D eigenvalue weighted by Gasteiger charge is -2.23. The van der Waals surface area contributed by atoms with E-state index in [1.807, 2.05) is 12.1 Å². The van der Waals surface area contributed by atoms with Crippen molar-refractivity contribution in [2.75, 3.05) is 0 Å². The van der Waals surface area contributed by atoms with Crippen LogP contribution in [0.15, 0.2) is 18.2 Å². The van der Waals surface area contributed by atoms with Crippen LogP contribution in [-0.2, 0) is 0 Å². The lowest BCUT2D eigenvalue weighted by Crippen LogP contribution is -2.07. The summed E-state index contributed by atoms with van der Waals surface area (Å²) in [6.07, 6.45) is 7.60. The zero-order valence-corrected chi connectivity index (χ0v) is 10.9. The predicted molar refractivity (Wildman–Crippen MR) is 70.4 cm³/mol. The average Bonchev–Trinajstić information content (AvgIpc) is 2.30. The van der Waals surface area contributed by atoms with Gasteiger partial charge in [0.2, 0.25) is 0 Å². The molecular formula is C13H15IO. The van der Waals surface area contributed by atoms with E-state index in [4.69, 9.17) is 0 Å². The zero-order chi connectivity index (χ0) is 10.7. The second-order valence-corrected chi connectivity index (χ2v) is 5.28. The summed E-state index contributed by atoms with van der Waals surface area (Å²) in [6.45, 7) is 0. The van der Waals surface area contributed by atoms with Crippen molar-refractivity contribution in [3.63, 3.8) is 0 Å². The van der Waals surface area contributed by atoms with E-state index in [-0.39, 0.29) is 0 Å². The first kappa shape index (κ1) is 11.1. The van der Waals surface area contributed by atoms with Gasteiger partial charge in [-0.25, -0.2) is 0 Å². The molecule has 0 amide bonds. The van der Waals surface area contributed by atoms with E-state index in [1.165, 1.54) is 37.7 Å². The largest absolute Gasteiger partial charge is 0.298 e. The number of benzene rings is 1. The van der Waals surface area contributed by atoms with Gasteiger partial charge in [0, 0.05) is 9.13 Å². The molecule has 0 atom stereocenters. The van der Waals surface area contributed by atoms with Gasteiger partial charge in [-0.15, -0.1) is 0 Å². The van der Waals surface area contributed by atoms with Crippen molar-refractivity contribution < 1.29 is 4.79 Å². The molecule has 80 valence electrons. The molecule has 2 heteroatoms. The molecule has 0 aliphatic heterocycles. The molecule has 1 aromatic carbocycles. The van der Waals surface area contributed by atoms with E-state index in [1.54, 1.807) is 0 Å². The van der Waals surface area contributed by atoms with E-state index in [0.717, 1.165) is 15.4 Å². The molecule has 1 aliphatic carbocycles. The third-order valence-corrected chi connectivity index (χ3v) is 4.48. The highest BCUT2D eigenvalue weighted by Crippen LogP contribution is 2.35. The van der Waals surface area contributed by atoms with Crippen LogP contribution >= 0.6 is 22.6 Å². The molecule has 0 aromatic heterocycles. The lowest BCUT2D eigenvalue weighted by molar-refractivity contribution is 0.112. The highest BCUT2D eigenvalue weighted by Gasteiger charge is 2.18. The molecule has 1 aliphatic rings. The maximum Gasteiger partial charge on any atom is 0.151 e. The molecule has 1 fully saturated rings. The molecule has 0 bridgehead atoms. The number of halogens is 1. The lowest BCUT2D eigenvalue weighted by atomic mass is 9.84. The summed E-state index contributed by atoms with van der Waals surface area (Å²) in [4.78, 5) is 10.9. The van der Waals surface area contributed by atoms with Crippen molar-refractivity contribution >= 4 is 28.9 Å². The Morgan fingerprint density at radius 2 is 1.93 bits per heavy atom. The molecule has 0 saturated heterocycles. The second kappa shape index (κ2) is 5.10. The van der Waals surface area contributed by atoms with Crippen LogP contribution in [0.2, 0.25) is 0 Å². The summed E-state index contributed by atoms with van der Waals surface area (Å²) in [6, 6.07) is 6.10. The van der Waals surface area contributed by atoms with Crippen LogP contribution in [0.3, 0.4) is 0 Å². The SMILES string of the molecule is O=Cc1cccc(C2CCCCC2)c1I. The van der Waals surface area contributed by atoms with Gasteiger partial charge in [-0.3, -0.25) is 4.79 Å². The fourth-order valence-corrected chi connectivity index (χ4v) is 3.32. The Balaban J connectivity index is 2.30. The van der Waals surface area contributed by atoms with Crippen molar-refractivity contribution in [1.29, 1.82) is 0 Å². The highest BCUT2D eigenvalue weighted by atomic mass is 127. The van der Waals surface area contributed by atoms with Crippen LogP contribution in [0.4, 0.5) is 0 Å². The van der Waals surface area contributed by atoms with Crippen molar-refractivity contribution in [2.45, 2.75) is 38.0 Å². The Labute approximate surface area is 104 Å². The van der Waals surface area contributed by atoms with Crippen molar-refractivity contribution in [1.82, 2.24) is 0 Å². The molecule has 2 rings (SSSR count). The Morgan fingerprint density at radius 1 is 1.20 bits per heavy atom. The maximum atomic E-state index is 10.9. The Kier molecular flexibility index (Phi) is 3.78. The first-order chi connectivity index (χ1) is 7.33. The zero-order valence-electron chi connectivity index (χ0n) is 8.71. The minimum Gasteiger partial charge on any atom is -0.298 e. The van der Waals surface area contributed by atoms with Crippen LogP contribution in [-0.4, -0.2) is 6.29 Å². The van der Waals surface area contributed by atoms with E-state index in [0.29, 0.717) is 5.92 Å². The average molecular weight is 314 g/mol. The molecule has 0 unspecified atom stereocenters. The highest BCUT2D eigenvalue weighted by molar-refractivity contribution is 14.1. The van der Waals surface area contributed by atoms with Gasteiger partial charge in [0.1, 0.15) is 0 Å². The summed E-state index contributed by atoms with van der Waals surface area (Å²) in [5.74, 6) is 0.686. The maximum absolute atomic E-state index is 10.9. The van der Waals surface area contributed by atoms with Gasteiger partial charge in [0.05, 0.1) is 0 Å². The predicted octanol–water partition coefficient (Wildman–Crippen LogP) is 4.15. The van der Waals surface area contributed by atoms with Gasteiger partial charge in [-0.05, 0) is 46.9 Å². The number of rotatable bonds is 2. The van der Waals surface area contributed by atoms with E-state index >= 15 is 0 Å². The third kappa shape index (κ3) is 2.41. The third-order valence-electron chi connectivity index (χ3n) is 3.23. The van der Waals surface area contributed by atoms with Gasteiger partial charge in [0.25, 0.3) is 0 Å². The molecule has 0 radical (unpaired) electrons. The number of carbonyl (C=O) groups is 1. The summed E-state index contributed by atoms with van der Waals surface area (Å²) < 4.78 is 1.16. The minimum absolute atomic E-state index is 0.686. The monoisotopic (exact) mass is 314 g/mol. The van der Waals surface area contributed by atoms with E-state index < -0.39 is 0 Å². The van der Waals surface area contributed by atoms with Gasteiger partial charge < -0.3 is 0 Å². The quantitative estimate of drug-likeness (QED) is 0.592. The van der Waals surface area contributed by atoms with E-state index in [9.17, 15) is 4.79 Å². The standard InChI is InChI=1S/C13H15IO/c14-13-11(9-15)7-4-8-12(13)10-5-2-1-3-6-10/h4,7-10H,1-3,5-6H2. The molecule has 1 aromatic rings. The number of carbonyl (C=O) groups excluding carboxylic acids is 1. The molecule has 15 heavy (non-hydrogen) atoms. The van der Waals surface area contributed by atoms with Crippen LogP contribution < -0.4 is 0 Å². The van der Waals surface area contributed by atoms with Crippen LogP contribution in [0.1, 0.15) is 53.9 Å². The van der Waals surface area contributed by atoms with Gasteiger partial charge in [0.15, 0.2) is 6.29 Å².